The summed E-state index contributed by atoms with van der Waals surface area (Å²) in [6, 6.07) is 8.43. The van der Waals surface area contributed by atoms with Crippen LogP contribution >= 0.6 is 0 Å². The number of halogens is 1. The van der Waals surface area contributed by atoms with Crippen molar-refractivity contribution < 1.29 is 14.0 Å². The van der Waals surface area contributed by atoms with Crippen molar-refractivity contribution in [1.82, 2.24) is 4.57 Å². The highest BCUT2D eigenvalue weighted by atomic mass is 19.1. The first-order valence-electron chi connectivity index (χ1n) is 7.50. The molecule has 0 radical (unpaired) electrons. The van der Waals surface area contributed by atoms with Crippen molar-refractivity contribution in [2.24, 2.45) is 13.0 Å². The third kappa shape index (κ3) is 3.05. The van der Waals surface area contributed by atoms with Crippen molar-refractivity contribution in [3.8, 4) is 0 Å². The molecule has 1 saturated heterocycles. The summed E-state index contributed by atoms with van der Waals surface area (Å²) in [6.45, 7) is 0.399. The first kappa shape index (κ1) is 15.9. The predicted octanol–water partition coefficient (Wildman–Crippen LogP) is 1.52. The van der Waals surface area contributed by atoms with Gasteiger partial charge in [-0.1, -0.05) is 0 Å². The molecule has 1 atom stereocenters. The van der Waals surface area contributed by atoms with Gasteiger partial charge in [0.1, 0.15) is 11.7 Å². The smallest absolute Gasteiger partial charge is 0.250 e. The van der Waals surface area contributed by atoms with E-state index in [-0.39, 0.29) is 17.3 Å². The third-order valence-corrected chi connectivity index (χ3v) is 4.01. The number of benzene rings is 1. The van der Waals surface area contributed by atoms with Crippen LogP contribution in [-0.2, 0) is 16.6 Å². The van der Waals surface area contributed by atoms with Gasteiger partial charge >= 0.3 is 0 Å². The highest BCUT2D eigenvalue weighted by molar-refractivity contribution is 6.13. The van der Waals surface area contributed by atoms with Crippen LogP contribution in [0.3, 0.4) is 0 Å². The molecule has 0 unspecified atom stereocenters. The monoisotopic (exact) mass is 329 g/mol. The van der Waals surface area contributed by atoms with Crippen LogP contribution in [0.2, 0.25) is 0 Å². The molecule has 1 aromatic heterocycles. The van der Waals surface area contributed by atoms with Gasteiger partial charge in [-0.3, -0.25) is 14.4 Å². The Kier molecular flexibility index (Phi) is 4.16. The molecule has 2 aromatic rings. The predicted molar refractivity (Wildman–Crippen MR) is 87.2 cm³/mol. The zero-order chi connectivity index (χ0) is 17.3. The summed E-state index contributed by atoms with van der Waals surface area (Å²) in [7, 11) is 1.58. The van der Waals surface area contributed by atoms with Crippen LogP contribution in [0.25, 0.3) is 0 Å². The fourth-order valence-electron chi connectivity index (χ4n) is 2.70. The molecule has 1 aliphatic rings. The maximum Gasteiger partial charge on any atom is 0.250 e. The topological polar surface area (TPSA) is 71.4 Å². The summed E-state index contributed by atoms with van der Waals surface area (Å²) in [5.74, 6) is -1.91. The quantitative estimate of drug-likeness (QED) is 0.868. The molecule has 1 aliphatic heterocycles. The molecule has 124 valence electrons. The van der Waals surface area contributed by atoms with E-state index in [1.807, 2.05) is 0 Å². The molecule has 0 aliphatic carbocycles. The third-order valence-electron chi connectivity index (χ3n) is 4.01. The van der Waals surface area contributed by atoms with E-state index in [9.17, 15) is 18.8 Å². The molecule has 0 saturated carbocycles. The van der Waals surface area contributed by atoms with Crippen LogP contribution in [0.15, 0.2) is 47.4 Å². The number of pyridine rings is 1. The number of amides is 2. The number of rotatable bonds is 3. The summed E-state index contributed by atoms with van der Waals surface area (Å²) in [5, 5.41) is 2.66. The van der Waals surface area contributed by atoms with Gasteiger partial charge in [0.15, 0.2) is 0 Å². The number of aromatic nitrogens is 1. The summed E-state index contributed by atoms with van der Waals surface area (Å²) >= 11 is 0. The minimum atomic E-state index is -0.799. The molecule has 3 rings (SSSR count). The Hall–Kier alpha value is -2.96. The van der Waals surface area contributed by atoms with E-state index in [2.05, 4.69) is 5.32 Å². The van der Waals surface area contributed by atoms with Crippen LogP contribution in [0.1, 0.15) is 6.42 Å². The molecule has 1 aromatic carbocycles. The zero-order valence-corrected chi connectivity index (χ0v) is 13.0. The van der Waals surface area contributed by atoms with Gasteiger partial charge in [0.05, 0.1) is 5.69 Å². The standard InChI is InChI=1S/C17H16FN3O3/c1-20-10-12(4-7-15(20)22)19-16(23)14-8-9-21(17(14)24)13-5-2-11(18)3-6-13/h2-7,10,14H,8-9H2,1H3,(H,19,23)/t14-/m1/s1. The molecule has 2 amide bonds. The molecule has 6 nitrogen and oxygen atoms in total. The minimum absolute atomic E-state index is 0.188. The van der Waals surface area contributed by atoms with E-state index >= 15 is 0 Å². The molecule has 7 heteroatoms. The summed E-state index contributed by atoms with van der Waals surface area (Å²) < 4.78 is 14.3. The van der Waals surface area contributed by atoms with E-state index in [4.69, 9.17) is 0 Å². The minimum Gasteiger partial charge on any atom is -0.324 e. The average Bonchev–Trinajstić information content (AvgIpc) is 2.93. The number of nitrogens with one attached hydrogen (secondary N) is 1. The van der Waals surface area contributed by atoms with Crippen LogP contribution < -0.4 is 15.8 Å². The fourth-order valence-corrected chi connectivity index (χ4v) is 2.70. The Labute approximate surface area is 137 Å². The number of hydrogen-bond acceptors (Lipinski definition) is 3. The molecular weight excluding hydrogens is 313 g/mol. The normalized spacial score (nSPS) is 17.2. The van der Waals surface area contributed by atoms with Crippen LogP contribution in [0, 0.1) is 11.7 Å². The van der Waals surface area contributed by atoms with Crippen molar-refractivity contribution in [1.29, 1.82) is 0 Å². The molecular formula is C17H16FN3O3. The summed E-state index contributed by atoms with van der Waals surface area (Å²) in [4.78, 5) is 37.6. The molecule has 24 heavy (non-hydrogen) atoms. The number of carbonyl (C=O) groups is 2. The Morgan fingerprint density at radius 1 is 1.17 bits per heavy atom. The van der Waals surface area contributed by atoms with Gasteiger partial charge < -0.3 is 14.8 Å². The second kappa shape index (κ2) is 6.27. The lowest BCUT2D eigenvalue weighted by molar-refractivity contribution is -0.129. The number of anilines is 2. The van der Waals surface area contributed by atoms with Gasteiger partial charge in [-0.25, -0.2) is 4.39 Å². The van der Waals surface area contributed by atoms with E-state index in [0.29, 0.717) is 24.3 Å². The van der Waals surface area contributed by atoms with Crippen molar-refractivity contribution in [3.05, 3.63) is 58.8 Å². The van der Waals surface area contributed by atoms with E-state index in [1.165, 1.54) is 52.1 Å². The van der Waals surface area contributed by atoms with Gasteiger partial charge in [0, 0.05) is 31.5 Å². The maximum absolute atomic E-state index is 13.0. The number of nitrogens with zero attached hydrogens (tertiary/aromatic N) is 2. The van der Waals surface area contributed by atoms with Crippen LogP contribution in [0.5, 0.6) is 0 Å². The Bertz CT molecular complexity index is 845. The number of aryl methyl sites for hydroxylation is 1. The Balaban J connectivity index is 1.72. The Morgan fingerprint density at radius 3 is 2.54 bits per heavy atom. The molecule has 2 heterocycles. The van der Waals surface area contributed by atoms with Crippen LogP contribution in [-0.4, -0.2) is 22.9 Å². The lowest BCUT2D eigenvalue weighted by atomic mass is 10.1. The maximum atomic E-state index is 13.0. The number of hydrogen-bond donors (Lipinski definition) is 1. The van der Waals surface area contributed by atoms with Crippen molar-refractivity contribution in [2.45, 2.75) is 6.42 Å². The Morgan fingerprint density at radius 2 is 1.88 bits per heavy atom. The fraction of sp³-hybridized carbons (Fsp3) is 0.235. The van der Waals surface area contributed by atoms with E-state index < -0.39 is 11.8 Å². The average molecular weight is 329 g/mol. The van der Waals surface area contributed by atoms with Crippen molar-refractivity contribution in [3.63, 3.8) is 0 Å². The van der Waals surface area contributed by atoms with Gasteiger partial charge in [-0.2, -0.15) is 0 Å². The van der Waals surface area contributed by atoms with E-state index in [0.717, 1.165) is 0 Å². The zero-order valence-electron chi connectivity index (χ0n) is 13.0. The van der Waals surface area contributed by atoms with Crippen molar-refractivity contribution in [2.75, 3.05) is 16.8 Å². The van der Waals surface area contributed by atoms with Gasteiger partial charge in [0.2, 0.25) is 17.4 Å². The largest absolute Gasteiger partial charge is 0.324 e. The molecule has 1 fully saturated rings. The van der Waals surface area contributed by atoms with Gasteiger partial charge in [0.25, 0.3) is 0 Å². The van der Waals surface area contributed by atoms with Gasteiger partial charge in [-0.15, -0.1) is 0 Å². The highest BCUT2D eigenvalue weighted by Gasteiger charge is 2.37. The molecule has 0 spiro atoms. The second-order valence-electron chi connectivity index (χ2n) is 5.66. The van der Waals surface area contributed by atoms with Gasteiger partial charge in [-0.05, 0) is 36.8 Å². The first-order valence-corrected chi connectivity index (χ1v) is 7.50. The van der Waals surface area contributed by atoms with E-state index in [1.54, 1.807) is 7.05 Å². The second-order valence-corrected chi connectivity index (χ2v) is 5.66. The summed E-state index contributed by atoms with van der Waals surface area (Å²) in [5.41, 5.74) is 0.835. The van der Waals surface area contributed by atoms with Crippen molar-refractivity contribution >= 4 is 23.2 Å². The van der Waals surface area contributed by atoms with Crippen LogP contribution in [0.4, 0.5) is 15.8 Å². The lowest BCUT2D eigenvalue weighted by Gasteiger charge is -2.16. The summed E-state index contributed by atoms with van der Waals surface area (Å²) in [6.07, 6.45) is 1.88. The highest BCUT2D eigenvalue weighted by Crippen LogP contribution is 2.26. The molecule has 1 N–H and O–H groups in total. The SMILES string of the molecule is Cn1cc(NC(=O)[C@H]2CCN(c3ccc(F)cc3)C2=O)ccc1=O. The first-order chi connectivity index (χ1) is 11.5. The lowest BCUT2D eigenvalue weighted by Crippen LogP contribution is -2.33. The number of carbonyl (C=O) groups excluding carboxylic acids is 2. The molecule has 0 bridgehead atoms.